The van der Waals surface area contributed by atoms with E-state index in [1.165, 1.54) is 4.57 Å². The fourth-order valence-electron chi connectivity index (χ4n) is 3.04. The van der Waals surface area contributed by atoms with Gasteiger partial charge in [-0.2, -0.15) is 0 Å². The summed E-state index contributed by atoms with van der Waals surface area (Å²) in [5.41, 5.74) is 1.14. The van der Waals surface area contributed by atoms with E-state index in [0.717, 1.165) is 11.5 Å². The molecule has 7 nitrogen and oxygen atoms in total. The molecule has 0 atom stereocenters. The number of aryl methyl sites for hydroxylation is 1. The normalized spacial score (nSPS) is 11.1. The van der Waals surface area contributed by atoms with Crippen LogP contribution in [0.25, 0.3) is 16.4 Å². The van der Waals surface area contributed by atoms with Crippen LogP contribution in [-0.4, -0.2) is 31.6 Å². The average Bonchev–Trinajstić information content (AvgIpc) is 3.08. The lowest BCUT2D eigenvalue weighted by molar-refractivity contribution is 0.0955. The van der Waals surface area contributed by atoms with Crippen molar-refractivity contribution in [2.24, 2.45) is 7.05 Å². The summed E-state index contributed by atoms with van der Waals surface area (Å²) in [6.07, 6.45) is 4.03. The van der Waals surface area contributed by atoms with Crippen LogP contribution in [0.3, 0.4) is 0 Å². The summed E-state index contributed by atoms with van der Waals surface area (Å²) in [6, 6.07) is 12.8. The Morgan fingerprint density at radius 2 is 1.85 bits per heavy atom. The molecule has 7 heteroatoms. The minimum Gasteiger partial charge on any atom is -0.352 e. The van der Waals surface area contributed by atoms with Crippen LogP contribution in [0.15, 0.2) is 59.7 Å². The molecule has 130 valence electrons. The molecule has 0 aliphatic carbocycles. The zero-order valence-corrected chi connectivity index (χ0v) is 14.2. The molecule has 1 N–H and O–H groups in total. The molecule has 0 aliphatic heterocycles. The van der Waals surface area contributed by atoms with Gasteiger partial charge < -0.3 is 9.88 Å². The van der Waals surface area contributed by atoms with Crippen molar-refractivity contribution < 1.29 is 4.79 Å². The average molecular weight is 347 g/mol. The summed E-state index contributed by atoms with van der Waals surface area (Å²) in [6.45, 7) is 0.422. The van der Waals surface area contributed by atoms with Gasteiger partial charge >= 0.3 is 0 Å². The molecule has 0 bridgehead atoms. The van der Waals surface area contributed by atoms with Crippen LogP contribution in [0.5, 0.6) is 0 Å². The molecule has 0 unspecified atom stereocenters. The molecule has 0 radical (unpaired) electrons. The molecule has 4 rings (SSSR count). The molecule has 3 heterocycles. The highest BCUT2D eigenvalue weighted by Gasteiger charge is 2.13. The first kappa shape index (κ1) is 16.0. The Bertz CT molecular complexity index is 1180. The van der Waals surface area contributed by atoms with E-state index in [0.29, 0.717) is 29.3 Å². The van der Waals surface area contributed by atoms with Crippen LogP contribution in [0, 0.1) is 0 Å². The number of nitrogens with zero attached hydrogens (tertiary/aromatic N) is 4. The highest BCUT2D eigenvalue weighted by molar-refractivity contribution is 6.06. The monoisotopic (exact) mass is 347 g/mol. The number of rotatable bonds is 4. The number of benzene rings is 1. The van der Waals surface area contributed by atoms with Gasteiger partial charge in [-0.3, -0.25) is 14.0 Å². The van der Waals surface area contributed by atoms with Gasteiger partial charge in [0.15, 0.2) is 5.65 Å². The number of nitrogens with one attached hydrogen (secondary N) is 1. The van der Waals surface area contributed by atoms with Crippen molar-refractivity contribution in [3.05, 3.63) is 76.6 Å². The van der Waals surface area contributed by atoms with Crippen LogP contribution in [0.4, 0.5) is 0 Å². The van der Waals surface area contributed by atoms with Gasteiger partial charge in [-0.25, -0.2) is 0 Å². The summed E-state index contributed by atoms with van der Waals surface area (Å²) in [4.78, 5) is 24.9. The Morgan fingerprint density at radius 1 is 1.08 bits per heavy atom. The van der Waals surface area contributed by atoms with Gasteiger partial charge in [0.1, 0.15) is 5.82 Å². The van der Waals surface area contributed by atoms with Gasteiger partial charge in [0.25, 0.3) is 11.5 Å². The van der Waals surface area contributed by atoms with E-state index in [-0.39, 0.29) is 11.5 Å². The molecule has 3 aromatic heterocycles. The summed E-state index contributed by atoms with van der Waals surface area (Å²) < 4.78 is 3.33. The van der Waals surface area contributed by atoms with E-state index >= 15 is 0 Å². The number of aromatic nitrogens is 4. The predicted molar refractivity (Wildman–Crippen MR) is 98.2 cm³/mol. The van der Waals surface area contributed by atoms with Crippen LogP contribution in [-0.2, 0) is 13.5 Å². The fraction of sp³-hybridized carbons (Fsp3) is 0.158. The second-order valence-corrected chi connectivity index (χ2v) is 6.06. The molecule has 0 saturated heterocycles. The number of hydrogen-bond donors (Lipinski definition) is 1. The number of fused-ring (bicyclic) bond motifs is 2. The van der Waals surface area contributed by atoms with E-state index < -0.39 is 0 Å². The van der Waals surface area contributed by atoms with E-state index in [1.807, 2.05) is 34.9 Å². The minimum atomic E-state index is -0.217. The Labute approximate surface area is 148 Å². The van der Waals surface area contributed by atoms with Crippen molar-refractivity contribution in [2.75, 3.05) is 6.54 Å². The first-order valence-corrected chi connectivity index (χ1v) is 8.30. The van der Waals surface area contributed by atoms with Crippen molar-refractivity contribution in [1.82, 2.24) is 24.5 Å². The highest BCUT2D eigenvalue weighted by Crippen LogP contribution is 2.15. The molecule has 0 spiro atoms. The Kier molecular flexibility index (Phi) is 3.96. The zero-order chi connectivity index (χ0) is 18.1. The summed E-state index contributed by atoms with van der Waals surface area (Å²) in [7, 11) is 1.65. The van der Waals surface area contributed by atoms with E-state index in [1.54, 1.807) is 31.4 Å². The maximum Gasteiger partial charge on any atom is 0.258 e. The largest absolute Gasteiger partial charge is 0.352 e. The van der Waals surface area contributed by atoms with Crippen LogP contribution < -0.4 is 10.9 Å². The van der Waals surface area contributed by atoms with Gasteiger partial charge in [-0.15, -0.1) is 10.2 Å². The van der Waals surface area contributed by atoms with E-state index in [4.69, 9.17) is 0 Å². The first-order valence-electron chi connectivity index (χ1n) is 8.30. The molecule has 1 amide bonds. The molecule has 26 heavy (non-hydrogen) atoms. The molecule has 1 aromatic carbocycles. The highest BCUT2D eigenvalue weighted by atomic mass is 16.2. The fourth-order valence-corrected chi connectivity index (χ4v) is 3.04. The Balaban J connectivity index is 1.55. The van der Waals surface area contributed by atoms with Crippen LogP contribution >= 0.6 is 0 Å². The van der Waals surface area contributed by atoms with Crippen molar-refractivity contribution >= 4 is 22.3 Å². The number of pyridine rings is 2. The maximum atomic E-state index is 12.6. The van der Waals surface area contributed by atoms with Crippen LogP contribution in [0.2, 0.25) is 0 Å². The van der Waals surface area contributed by atoms with Crippen molar-refractivity contribution in [3.63, 3.8) is 0 Å². The van der Waals surface area contributed by atoms with E-state index in [2.05, 4.69) is 15.5 Å². The number of hydrogen-bond acceptors (Lipinski definition) is 4. The maximum absolute atomic E-state index is 12.6. The van der Waals surface area contributed by atoms with Crippen molar-refractivity contribution in [1.29, 1.82) is 0 Å². The van der Waals surface area contributed by atoms with Gasteiger partial charge in [0.2, 0.25) is 0 Å². The number of amides is 1. The number of carbonyl (C=O) groups is 1. The SMILES string of the molecule is Cn1cc(C(=O)NCCc2nnc3ccccn23)c2ccccc2c1=O. The lowest BCUT2D eigenvalue weighted by atomic mass is 10.1. The Morgan fingerprint density at radius 3 is 2.69 bits per heavy atom. The molecule has 4 aromatic rings. The smallest absolute Gasteiger partial charge is 0.258 e. The third-order valence-corrected chi connectivity index (χ3v) is 4.35. The van der Waals surface area contributed by atoms with Crippen molar-refractivity contribution in [2.45, 2.75) is 6.42 Å². The molecule has 0 fully saturated rings. The summed E-state index contributed by atoms with van der Waals surface area (Å²) in [5, 5.41) is 12.3. The zero-order valence-electron chi connectivity index (χ0n) is 14.2. The van der Waals surface area contributed by atoms with Gasteiger partial charge in [0.05, 0.1) is 5.56 Å². The lowest BCUT2D eigenvalue weighted by Gasteiger charge is -2.09. The lowest BCUT2D eigenvalue weighted by Crippen LogP contribution is -2.28. The summed E-state index contributed by atoms with van der Waals surface area (Å²) >= 11 is 0. The second-order valence-electron chi connectivity index (χ2n) is 6.06. The van der Waals surface area contributed by atoms with Gasteiger partial charge in [0, 0.05) is 43.2 Å². The van der Waals surface area contributed by atoms with Crippen LogP contribution in [0.1, 0.15) is 16.2 Å². The quantitative estimate of drug-likeness (QED) is 0.607. The third kappa shape index (κ3) is 2.73. The standard InChI is InChI=1S/C19H17N5O2/c1-23-12-15(13-6-2-3-7-14(13)19(23)26)18(25)20-10-9-17-22-21-16-8-4-5-11-24(16)17/h2-8,11-12H,9-10H2,1H3,(H,20,25). The van der Waals surface area contributed by atoms with Crippen molar-refractivity contribution in [3.8, 4) is 0 Å². The van der Waals surface area contributed by atoms with Gasteiger partial charge in [-0.05, 0) is 18.2 Å². The molecule has 0 aliphatic rings. The molecule has 0 saturated carbocycles. The topological polar surface area (TPSA) is 81.3 Å². The number of carbonyl (C=O) groups excluding carboxylic acids is 1. The first-order chi connectivity index (χ1) is 12.6. The van der Waals surface area contributed by atoms with Gasteiger partial charge in [-0.1, -0.05) is 24.3 Å². The molecular formula is C19H17N5O2. The summed E-state index contributed by atoms with van der Waals surface area (Å²) in [5.74, 6) is 0.567. The predicted octanol–water partition coefficient (Wildman–Crippen LogP) is 1.55. The third-order valence-electron chi connectivity index (χ3n) is 4.35. The van der Waals surface area contributed by atoms with E-state index in [9.17, 15) is 9.59 Å². The Hall–Kier alpha value is -3.48. The second kappa shape index (κ2) is 6.44. The minimum absolute atomic E-state index is 0.118. The molecular weight excluding hydrogens is 330 g/mol.